The molecule has 0 saturated heterocycles. The molecule has 1 N–H and O–H groups in total. The molecule has 0 radical (unpaired) electrons. The molecule has 1 aromatic carbocycles. The summed E-state index contributed by atoms with van der Waals surface area (Å²) in [6.07, 6.45) is 4.38. The fourth-order valence-electron chi connectivity index (χ4n) is 3.40. The van der Waals surface area contributed by atoms with Crippen LogP contribution in [0.1, 0.15) is 32.0 Å². The second kappa shape index (κ2) is 7.11. The van der Waals surface area contributed by atoms with Gasteiger partial charge in [0.15, 0.2) is 5.16 Å². The van der Waals surface area contributed by atoms with Crippen LogP contribution < -0.4 is 10.2 Å². The Kier molecular flexibility index (Phi) is 4.67. The first-order chi connectivity index (χ1) is 12.6. The SMILES string of the molecule is C[C@@H](Sc1nnc2n1CCCCC2)C(=O)N1CC(=O)Nc2ccccc21. The van der Waals surface area contributed by atoms with E-state index in [2.05, 4.69) is 20.1 Å². The van der Waals surface area contributed by atoms with Crippen LogP contribution in [-0.2, 0) is 22.6 Å². The molecule has 26 heavy (non-hydrogen) atoms. The lowest BCUT2D eigenvalue weighted by atomic mass is 10.2. The number of benzene rings is 1. The topological polar surface area (TPSA) is 80.1 Å². The van der Waals surface area contributed by atoms with E-state index in [1.807, 2.05) is 31.2 Å². The third kappa shape index (κ3) is 3.21. The molecule has 1 atom stereocenters. The Morgan fingerprint density at radius 3 is 2.96 bits per heavy atom. The van der Waals surface area contributed by atoms with Crippen molar-refractivity contribution in [1.82, 2.24) is 14.8 Å². The van der Waals surface area contributed by atoms with Crippen LogP contribution in [0.3, 0.4) is 0 Å². The second-order valence-electron chi connectivity index (χ2n) is 6.61. The van der Waals surface area contributed by atoms with Crippen LogP contribution in [-0.4, -0.2) is 38.4 Å². The summed E-state index contributed by atoms with van der Waals surface area (Å²) in [4.78, 5) is 26.6. The van der Waals surface area contributed by atoms with E-state index in [9.17, 15) is 9.59 Å². The van der Waals surface area contributed by atoms with Gasteiger partial charge in [0.05, 0.1) is 16.6 Å². The minimum absolute atomic E-state index is 0.0404. The number of nitrogens with zero attached hydrogens (tertiary/aromatic N) is 4. The zero-order valence-electron chi connectivity index (χ0n) is 14.6. The summed E-state index contributed by atoms with van der Waals surface area (Å²) < 4.78 is 2.14. The number of nitrogens with one attached hydrogen (secondary N) is 1. The number of carbonyl (C=O) groups excluding carboxylic acids is 2. The third-order valence-electron chi connectivity index (χ3n) is 4.74. The predicted octanol–water partition coefficient (Wildman–Crippen LogP) is 2.47. The Hall–Kier alpha value is -2.35. The first-order valence-corrected chi connectivity index (χ1v) is 9.80. The summed E-state index contributed by atoms with van der Waals surface area (Å²) >= 11 is 1.42. The molecule has 4 rings (SSSR count). The minimum atomic E-state index is -0.356. The van der Waals surface area contributed by atoms with Crippen LogP contribution in [0.25, 0.3) is 0 Å². The molecular weight excluding hydrogens is 350 g/mol. The van der Waals surface area contributed by atoms with Gasteiger partial charge >= 0.3 is 0 Å². The van der Waals surface area contributed by atoms with Crippen molar-refractivity contribution >= 4 is 35.0 Å². The first kappa shape index (κ1) is 17.1. The molecule has 3 heterocycles. The Morgan fingerprint density at radius 2 is 2.08 bits per heavy atom. The maximum atomic E-state index is 13.0. The number of amides is 2. The molecule has 0 bridgehead atoms. The highest BCUT2D eigenvalue weighted by Gasteiger charge is 2.31. The van der Waals surface area contributed by atoms with E-state index in [1.54, 1.807) is 4.90 Å². The maximum absolute atomic E-state index is 13.0. The van der Waals surface area contributed by atoms with Crippen molar-refractivity contribution in [1.29, 1.82) is 0 Å². The van der Waals surface area contributed by atoms with E-state index in [-0.39, 0.29) is 23.6 Å². The Morgan fingerprint density at radius 1 is 1.23 bits per heavy atom. The average molecular weight is 371 g/mol. The fraction of sp³-hybridized carbons (Fsp3) is 0.444. The van der Waals surface area contributed by atoms with Crippen molar-refractivity contribution < 1.29 is 9.59 Å². The molecule has 0 aliphatic carbocycles. The van der Waals surface area contributed by atoms with E-state index in [1.165, 1.54) is 18.2 Å². The molecule has 2 aromatic rings. The van der Waals surface area contributed by atoms with Crippen LogP contribution in [0.15, 0.2) is 29.4 Å². The normalized spacial score (nSPS) is 17.7. The van der Waals surface area contributed by atoms with Gasteiger partial charge in [-0.1, -0.05) is 30.3 Å². The van der Waals surface area contributed by atoms with Crippen LogP contribution in [0.5, 0.6) is 0 Å². The number of aryl methyl sites for hydroxylation is 1. The molecule has 136 valence electrons. The maximum Gasteiger partial charge on any atom is 0.244 e. The summed E-state index contributed by atoms with van der Waals surface area (Å²) in [7, 11) is 0. The zero-order valence-corrected chi connectivity index (χ0v) is 15.5. The van der Waals surface area contributed by atoms with Crippen LogP contribution >= 0.6 is 11.8 Å². The number of hydrogen-bond acceptors (Lipinski definition) is 5. The van der Waals surface area contributed by atoms with Gasteiger partial charge in [0.2, 0.25) is 11.8 Å². The molecule has 2 aliphatic rings. The molecule has 1 aromatic heterocycles. The molecule has 7 nitrogen and oxygen atoms in total. The molecule has 0 spiro atoms. The van der Waals surface area contributed by atoms with E-state index in [0.29, 0.717) is 5.69 Å². The average Bonchev–Trinajstić information content (AvgIpc) is 2.87. The molecule has 0 fully saturated rings. The summed E-state index contributed by atoms with van der Waals surface area (Å²) in [6.45, 7) is 2.81. The molecule has 2 amide bonds. The molecular formula is C18H21N5O2S. The number of rotatable bonds is 3. The zero-order chi connectivity index (χ0) is 18.1. The van der Waals surface area contributed by atoms with Crippen molar-refractivity contribution in [2.75, 3.05) is 16.8 Å². The highest BCUT2D eigenvalue weighted by molar-refractivity contribution is 8.00. The van der Waals surface area contributed by atoms with Crippen molar-refractivity contribution in [3.8, 4) is 0 Å². The van der Waals surface area contributed by atoms with Crippen LogP contribution in [0.4, 0.5) is 11.4 Å². The number of carbonyl (C=O) groups is 2. The Labute approximate surface area is 156 Å². The third-order valence-corrected chi connectivity index (χ3v) is 5.81. The standard InChI is InChI=1S/C18H21N5O2S/c1-12(26-18-21-20-15-9-3-2-6-10-22(15)18)17(25)23-11-16(24)19-13-7-4-5-8-14(13)23/h4-5,7-8,12H,2-3,6,9-11H2,1H3,(H,19,24)/t12-/m1/s1. The summed E-state index contributed by atoms with van der Waals surface area (Å²) in [5.41, 5.74) is 1.41. The van der Waals surface area contributed by atoms with E-state index in [0.717, 1.165) is 42.5 Å². The minimum Gasteiger partial charge on any atom is -0.323 e. The number of aromatic nitrogens is 3. The summed E-state index contributed by atoms with van der Waals surface area (Å²) in [5, 5.41) is 11.8. The Bertz CT molecular complexity index is 850. The van der Waals surface area contributed by atoms with E-state index in [4.69, 9.17) is 0 Å². The van der Waals surface area contributed by atoms with Gasteiger partial charge < -0.3 is 9.88 Å². The largest absolute Gasteiger partial charge is 0.323 e. The van der Waals surface area contributed by atoms with Crippen molar-refractivity contribution in [3.05, 3.63) is 30.1 Å². The van der Waals surface area contributed by atoms with Gasteiger partial charge in [-0.15, -0.1) is 10.2 Å². The number of thioether (sulfide) groups is 1. The highest BCUT2D eigenvalue weighted by Crippen LogP contribution is 2.32. The van der Waals surface area contributed by atoms with Crippen LogP contribution in [0.2, 0.25) is 0 Å². The Balaban J connectivity index is 1.54. The van der Waals surface area contributed by atoms with Gasteiger partial charge in [-0.05, 0) is 31.9 Å². The van der Waals surface area contributed by atoms with Crippen molar-refractivity contribution in [3.63, 3.8) is 0 Å². The van der Waals surface area contributed by atoms with E-state index >= 15 is 0 Å². The van der Waals surface area contributed by atoms with Gasteiger partial charge in [0.1, 0.15) is 12.4 Å². The van der Waals surface area contributed by atoms with Crippen molar-refractivity contribution in [2.45, 2.75) is 49.6 Å². The van der Waals surface area contributed by atoms with Gasteiger partial charge in [0.25, 0.3) is 0 Å². The van der Waals surface area contributed by atoms with Gasteiger partial charge in [-0.25, -0.2) is 0 Å². The van der Waals surface area contributed by atoms with Gasteiger partial charge in [-0.3, -0.25) is 14.5 Å². The van der Waals surface area contributed by atoms with E-state index < -0.39 is 0 Å². The monoisotopic (exact) mass is 371 g/mol. The molecule has 0 unspecified atom stereocenters. The highest BCUT2D eigenvalue weighted by atomic mass is 32.2. The number of para-hydroxylation sites is 2. The molecule has 2 aliphatic heterocycles. The fourth-order valence-corrected chi connectivity index (χ4v) is 4.36. The smallest absolute Gasteiger partial charge is 0.244 e. The van der Waals surface area contributed by atoms with Crippen LogP contribution in [0, 0.1) is 0 Å². The first-order valence-electron chi connectivity index (χ1n) is 8.92. The lowest BCUT2D eigenvalue weighted by molar-refractivity contribution is -0.121. The number of hydrogen-bond donors (Lipinski definition) is 1. The van der Waals surface area contributed by atoms with Crippen molar-refractivity contribution in [2.24, 2.45) is 0 Å². The summed E-state index contributed by atoms with van der Waals surface area (Å²) in [6, 6.07) is 7.37. The number of anilines is 2. The molecule has 0 saturated carbocycles. The van der Waals surface area contributed by atoms with Gasteiger partial charge in [0, 0.05) is 13.0 Å². The molecule has 8 heteroatoms. The summed E-state index contributed by atoms with van der Waals surface area (Å²) in [5.74, 6) is 0.737. The second-order valence-corrected chi connectivity index (χ2v) is 7.92. The predicted molar refractivity (Wildman–Crippen MR) is 100 cm³/mol. The quantitative estimate of drug-likeness (QED) is 0.839. The lowest BCUT2D eigenvalue weighted by Gasteiger charge is -2.30. The lowest BCUT2D eigenvalue weighted by Crippen LogP contribution is -2.45. The van der Waals surface area contributed by atoms with Gasteiger partial charge in [-0.2, -0.15) is 0 Å². The number of fused-ring (bicyclic) bond motifs is 2.